The summed E-state index contributed by atoms with van der Waals surface area (Å²) < 4.78 is 7.76. The van der Waals surface area contributed by atoms with Crippen LogP contribution in [-0.4, -0.2) is 24.7 Å². The Morgan fingerprint density at radius 1 is 1.36 bits per heavy atom. The molecule has 0 aliphatic rings. The summed E-state index contributed by atoms with van der Waals surface area (Å²) >= 11 is 3.32. The highest BCUT2D eigenvalue weighted by atomic mass is 79.9. The average Bonchev–Trinajstić information content (AvgIpc) is 2.75. The molecule has 0 atom stereocenters. The van der Waals surface area contributed by atoms with Crippen molar-refractivity contribution in [2.45, 2.75) is 6.92 Å². The van der Waals surface area contributed by atoms with Crippen molar-refractivity contribution in [1.82, 2.24) is 19.7 Å². The van der Waals surface area contributed by atoms with Crippen molar-refractivity contribution in [3.05, 3.63) is 44.8 Å². The third-order valence-corrected chi connectivity index (χ3v) is 3.69. The third-order valence-electron chi connectivity index (χ3n) is 3.13. The fourth-order valence-electron chi connectivity index (χ4n) is 2.15. The molecule has 0 unspecified atom stereocenters. The molecule has 112 valence electrons. The van der Waals surface area contributed by atoms with E-state index >= 15 is 0 Å². The van der Waals surface area contributed by atoms with Crippen molar-refractivity contribution < 1.29 is 9.66 Å². The molecule has 1 aromatic carbocycles. The van der Waals surface area contributed by atoms with Gasteiger partial charge in [0.1, 0.15) is 16.3 Å². The summed E-state index contributed by atoms with van der Waals surface area (Å²) in [4.78, 5) is 19.0. The van der Waals surface area contributed by atoms with Gasteiger partial charge in [0.05, 0.1) is 4.92 Å². The number of aryl methyl sites for hydroxylation is 2. The van der Waals surface area contributed by atoms with Crippen LogP contribution in [0.2, 0.25) is 0 Å². The molecule has 0 bridgehead atoms. The number of hydrogen-bond donors (Lipinski definition) is 0. The highest BCUT2D eigenvalue weighted by Gasteiger charge is 2.22. The van der Waals surface area contributed by atoms with Crippen LogP contribution in [0, 0.1) is 17.0 Å². The van der Waals surface area contributed by atoms with Gasteiger partial charge in [0.2, 0.25) is 11.6 Å². The Morgan fingerprint density at radius 3 is 2.86 bits per heavy atom. The van der Waals surface area contributed by atoms with E-state index in [0.29, 0.717) is 21.2 Å². The molecule has 0 amide bonds. The van der Waals surface area contributed by atoms with Crippen LogP contribution >= 0.6 is 15.9 Å². The SMILES string of the molecule is Cc1cccc(Oc2ncnc3c2c(Br)nn3C)c1[N+](=O)[O-]. The number of nitro benzene ring substituents is 1. The van der Waals surface area contributed by atoms with Crippen molar-refractivity contribution >= 4 is 32.7 Å². The van der Waals surface area contributed by atoms with Gasteiger partial charge in [0, 0.05) is 12.6 Å². The van der Waals surface area contributed by atoms with E-state index in [2.05, 4.69) is 31.0 Å². The van der Waals surface area contributed by atoms with Crippen LogP contribution in [0.5, 0.6) is 11.6 Å². The van der Waals surface area contributed by atoms with E-state index in [0.717, 1.165) is 0 Å². The van der Waals surface area contributed by atoms with Gasteiger partial charge >= 0.3 is 5.69 Å². The standard InChI is InChI=1S/C13H10BrN5O3/c1-7-4-3-5-8(10(7)19(20)21)22-13-9-11(14)17-18(2)12(9)15-6-16-13/h3-6H,1-2H3. The zero-order valence-corrected chi connectivity index (χ0v) is 13.2. The number of fused-ring (bicyclic) bond motifs is 1. The summed E-state index contributed by atoms with van der Waals surface area (Å²) in [7, 11) is 1.74. The van der Waals surface area contributed by atoms with E-state index < -0.39 is 4.92 Å². The molecule has 8 nitrogen and oxygen atoms in total. The van der Waals surface area contributed by atoms with Crippen LogP contribution in [0.4, 0.5) is 5.69 Å². The first-order chi connectivity index (χ1) is 10.5. The van der Waals surface area contributed by atoms with Crippen LogP contribution in [0.15, 0.2) is 29.1 Å². The van der Waals surface area contributed by atoms with Crippen LogP contribution in [-0.2, 0) is 7.05 Å². The minimum atomic E-state index is -0.471. The summed E-state index contributed by atoms with van der Waals surface area (Å²) in [5.74, 6) is 0.333. The lowest BCUT2D eigenvalue weighted by atomic mass is 10.2. The van der Waals surface area contributed by atoms with Crippen LogP contribution in [0.3, 0.4) is 0 Å². The monoisotopic (exact) mass is 363 g/mol. The van der Waals surface area contributed by atoms with Gasteiger partial charge in [-0.25, -0.2) is 14.6 Å². The smallest absolute Gasteiger partial charge is 0.314 e. The molecule has 0 saturated heterocycles. The average molecular weight is 364 g/mol. The Balaban J connectivity index is 2.16. The van der Waals surface area contributed by atoms with Gasteiger partial charge in [-0.1, -0.05) is 12.1 Å². The fourth-order valence-corrected chi connectivity index (χ4v) is 2.73. The van der Waals surface area contributed by atoms with Gasteiger partial charge in [-0.15, -0.1) is 0 Å². The Labute approximate surface area is 133 Å². The number of benzene rings is 1. The Morgan fingerprint density at radius 2 is 2.14 bits per heavy atom. The molecule has 0 aliphatic carbocycles. The Hall–Kier alpha value is -2.55. The molecule has 0 aliphatic heterocycles. The Kier molecular flexibility index (Phi) is 3.49. The number of para-hydroxylation sites is 1. The van der Waals surface area contributed by atoms with Gasteiger partial charge in [0.25, 0.3) is 0 Å². The van der Waals surface area contributed by atoms with Crippen LogP contribution < -0.4 is 4.74 Å². The molecule has 3 aromatic rings. The fraction of sp³-hybridized carbons (Fsp3) is 0.154. The van der Waals surface area contributed by atoms with Gasteiger partial charge in [-0.2, -0.15) is 5.10 Å². The number of nitrogens with zero attached hydrogens (tertiary/aromatic N) is 5. The van der Waals surface area contributed by atoms with Gasteiger partial charge in [-0.05, 0) is 28.9 Å². The second-order valence-electron chi connectivity index (χ2n) is 4.57. The topological polar surface area (TPSA) is 96.0 Å². The number of aromatic nitrogens is 4. The first-order valence-electron chi connectivity index (χ1n) is 6.24. The summed E-state index contributed by atoms with van der Waals surface area (Å²) in [6.07, 6.45) is 1.33. The molecule has 0 saturated carbocycles. The van der Waals surface area contributed by atoms with E-state index in [1.165, 1.54) is 12.4 Å². The lowest BCUT2D eigenvalue weighted by Crippen LogP contribution is -1.98. The highest BCUT2D eigenvalue weighted by Crippen LogP contribution is 2.36. The molecule has 0 radical (unpaired) electrons. The van der Waals surface area contributed by atoms with Crippen LogP contribution in [0.25, 0.3) is 11.0 Å². The molecule has 22 heavy (non-hydrogen) atoms. The molecule has 2 heterocycles. The maximum atomic E-state index is 11.2. The first kappa shape index (κ1) is 14.4. The molecule has 3 rings (SSSR count). The number of ether oxygens (including phenoxy) is 1. The summed E-state index contributed by atoms with van der Waals surface area (Å²) in [6, 6.07) is 4.87. The van der Waals surface area contributed by atoms with Crippen LogP contribution in [0.1, 0.15) is 5.56 Å². The molecule has 0 fully saturated rings. The van der Waals surface area contributed by atoms with Crippen molar-refractivity contribution in [2.75, 3.05) is 0 Å². The van der Waals surface area contributed by atoms with E-state index in [1.807, 2.05) is 0 Å². The normalized spacial score (nSPS) is 10.9. The summed E-state index contributed by atoms with van der Waals surface area (Å²) in [6.45, 7) is 1.65. The van der Waals surface area contributed by atoms with Crippen molar-refractivity contribution in [2.24, 2.45) is 7.05 Å². The van der Waals surface area contributed by atoms with E-state index in [1.54, 1.807) is 30.8 Å². The third kappa shape index (κ3) is 2.29. The molecular weight excluding hydrogens is 354 g/mol. The predicted octanol–water partition coefficient (Wildman–Crippen LogP) is 3.13. The minimum Gasteiger partial charge on any atom is -0.431 e. The quantitative estimate of drug-likeness (QED) is 0.523. The highest BCUT2D eigenvalue weighted by molar-refractivity contribution is 9.10. The largest absolute Gasteiger partial charge is 0.431 e. The summed E-state index contributed by atoms with van der Waals surface area (Å²) in [5, 5.41) is 16.0. The number of nitro groups is 1. The summed E-state index contributed by atoms with van der Waals surface area (Å²) in [5.41, 5.74) is 0.986. The van der Waals surface area contributed by atoms with Gasteiger partial charge < -0.3 is 4.74 Å². The minimum absolute atomic E-state index is 0.0886. The lowest BCUT2D eigenvalue weighted by Gasteiger charge is -2.07. The second-order valence-corrected chi connectivity index (χ2v) is 5.32. The number of halogens is 1. The van der Waals surface area contributed by atoms with Crippen molar-refractivity contribution in [3.63, 3.8) is 0 Å². The van der Waals surface area contributed by atoms with Crippen molar-refractivity contribution in [1.29, 1.82) is 0 Å². The molecular formula is C13H10BrN5O3. The van der Waals surface area contributed by atoms with Gasteiger partial charge in [0.15, 0.2) is 5.65 Å². The van der Waals surface area contributed by atoms with Crippen molar-refractivity contribution in [3.8, 4) is 11.6 Å². The maximum Gasteiger partial charge on any atom is 0.314 e. The van der Waals surface area contributed by atoms with E-state index in [9.17, 15) is 10.1 Å². The number of rotatable bonds is 3. The molecule has 0 spiro atoms. The Bertz CT molecular complexity index is 893. The van der Waals surface area contributed by atoms with Gasteiger partial charge in [-0.3, -0.25) is 10.1 Å². The van der Waals surface area contributed by atoms with E-state index in [4.69, 9.17) is 4.74 Å². The predicted molar refractivity (Wildman–Crippen MR) is 81.9 cm³/mol. The maximum absolute atomic E-state index is 11.2. The van der Waals surface area contributed by atoms with E-state index in [-0.39, 0.29) is 17.3 Å². The second kappa shape index (κ2) is 5.34. The zero-order chi connectivity index (χ0) is 15.9. The zero-order valence-electron chi connectivity index (χ0n) is 11.6. The first-order valence-corrected chi connectivity index (χ1v) is 7.03. The number of hydrogen-bond acceptors (Lipinski definition) is 6. The molecule has 2 aromatic heterocycles. The molecule has 0 N–H and O–H groups in total. The lowest BCUT2D eigenvalue weighted by molar-refractivity contribution is -0.386. The molecule has 9 heteroatoms.